The number of hydrogen-bond donors (Lipinski definition) is 1. The minimum atomic E-state index is -0.218. The number of hydrogen-bond acceptors (Lipinski definition) is 3. The highest BCUT2D eigenvalue weighted by molar-refractivity contribution is 8.07. The molecule has 1 aliphatic rings. The molecule has 0 amide bonds. The van der Waals surface area contributed by atoms with Crippen molar-refractivity contribution in [3.63, 3.8) is 0 Å². The fourth-order valence-electron chi connectivity index (χ4n) is 2.00. The average molecular weight is 268 g/mol. The van der Waals surface area contributed by atoms with Crippen LogP contribution in [0.5, 0.6) is 0 Å². The van der Waals surface area contributed by atoms with Crippen molar-refractivity contribution in [2.24, 2.45) is 0 Å². The van der Waals surface area contributed by atoms with E-state index in [0.29, 0.717) is 15.7 Å². The smallest absolute Gasteiger partial charge is 0.0707 e. The molecule has 1 N–H and O–H groups in total. The second kappa shape index (κ2) is 6.17. The van der Waals surface area contributed by atoms with E-state index in [1.807, 2.05) is 41.7 Å². The fourth-order valence-corrected chi connectivity index (χ4v) is 5.01. The molecule has 1 aliphatic heterocycles. The minimum absolute atomic E-state index is 0.218. The van der Waals surface area contributed by atoms with Gasteiger partial charge in [0.2, 0.25) is 0 Å². The Labute approximate surface area is 112 Å². The van der Waals surface area contributed by atoms with Crippen molar-refractivity contribution in [3.05, 3.63) is 35.9 Å². The van der Waals surface area contributed by atoms with Gasteiger partial charge in [-0.25, -0.2) is 0 Å². The zero-order valence-corrected chi connectivity index (χ0v) is 12.0. The molecule has 94 valence electrons. The second-order valence-electron chi connectivity index (χ2n) is 4.68. The third kappa shape index (κ3) is 3.67. The van der Waals surface area contributed by atoms with Crippen LogP contribution in [-0.2, 0) is 6.42 Å². The van der Waals surface area contributed by atoms with Crippen LogP contribution in [0, 0.1) is 0 Å². The topological polar surface area (TPSA) is 20.2 Å². The van der Waals surface area contributed by atoms with Crippen molar-refractivity contribution in [2.45, 2.75) is 42.1 Å². The third-order valence-electron chi connectivity index (χ3n) is 3.29. The number of rotatable bonds is 3. The molecule has 0 spiro atoms. The molecule has 2 rings (SSSR count). The second-order valence-corrected chi connectivity index (χ2v) is 7.71. The van der Waals surface area contributed by atoms with Crippen LogP contribution in [0.1, 0.15) is 19.4 Å². The van der Waals surface area contributed by atoms with Gasteiger partial charge in [-0.15, -0.1) is 0 Å². The van der Waals surface area contributed by atoms with Gasteiger partial charge >= 0.3 is 0 Å². The van der Waals surface area contributed by atoms with Crippen LogP contribution in [0.2, 0.25) is 0 Å². The van der Waals surface area contributed by atoms with Gasteiger partial charge in [-0.05, 0) is 12.0 Å². The van der Waals surface area contributed by atoms with Gasteiger partial charge in [0.1, 0.15) is 0 Å². The van der Waals surface area contributed by atoms with Gasteiger partial charge in [0.25, 0.3) is 0 Å². The van der Waals surface area contributed by atoms with Gasteiger partial charge in [0, 0.05) is 21.5 Å². The van der Waals surface area contributed by atoms with Crippen LogP contribution in [0.3, 0.4) is 0 Å². The molecule has 4 atom stereocenters. The number of thioether (sulfide) groups is 2. The Balaban J connectivity index is 1.90. The summed E-state index contributed by atoms with van der Waals surface area (Å²) < 4.78 is 0. The molecule has 1 fully saturated rings. The highest BCUT2D eigenvalue weighted by Gasteiger charge is 2.30. The van der Waals surface area contributed by atoms with Gasteiger partial charge in [-0.2, -0.15) is 23.5 Å². The van der Waals surface area contributed by atoms with Crippen LogP contribution in [-0.4, -0.2) is 32.7 Å². The third-order valence-corrected chi connectivity index (χ3v) is 6.83. The van der Waals surface area contributed by atoms with Crippen LogP contribution in [0.4, 0.5) is 0 Å². The molecule has 17 heavy (non-hydrogen) atoms. The van der Waals surface area contributed by atoms with E-state index in [1.165, 1.54) is 5.56 Å². The van der Waals surface area contributed by atoms with E-state index in [1.54, 1.807) is 0 Å². The Bertz CT molecular complexity index is 341. The van der Waals surface area contributed by atoms with E-state index < -0.39 is 0 Å². The van der Waals surface area contributed by atoms with Gasteiger partial charge in [-0.3, -0.25) is 0 Å². The Morgan fingerprint density at radius 2 is 1.94 bits per heavy atom. The van der Waals surface area contributed by atoms with Gasteiger partial charge in [0.15, 0.2) is 0 Å². The van der Waals surface area contributed by atoms with Crippen LogP contribution in [0.15, 0.2) is 30.3 Å². The molecule has 1 heterocycles. The van der Waals surface area contributed by atoms with Crippen LogP contribution in [0.25, 0.3) is 0 Å². The molecular formula is C14H20OS2. The standard InChI is InChI=1S/C14H20OS2/c1-10-11(2)17-14(9-16-10)13(15)8-12-6-4-3-5-7-12/h3-7,10-11,13-15H,8-9H2,1-2H3. The summed E-state index contributed by atoms with van der Waals surface area (Å²) in [6, 6.07) is 10.3. The minimum Gasteiger partial charge on any atom is -0.392 e. The summed E-state index contributed by atoms with van der Waals surface area (Å²) in [6.45, 7) is 4.55. The highest BCUT2D eigenvalue weighted by atomic mass is 32.2. The Hall–Kier alpha value is -0.120. The largest absolute Gasteiger partial charge is 0.392 e. The molecule has 4 unspecified atom stereocenters. The summed E-state index contributed by atoms with van der Waals surface area (Å²) in [5, 5.41) is 12.0. The van der Waals surface area contributed by atoms with Crippen molar-refractivity contribution in [2.75, 3.05) is 5.75 Å². The van der Waals surface area contributed by atoms with Gasteiger partial charge in [-0.1, -0.05) is 44.2 Å². The van der Waals surface area contributed by atoms with Crippen molar-refractivity contribution in [1.82, 2.24) is 0 Å². The molecule has 0 radical (unpaired) electrons. The first-order valence-electron chi connectivity index (χ1n) is 6.16. The maximum absolute atomic E-state index is 10.3. The summed E-state index contributed by atoms with van der Waals surface area (Å²) in [5.74, 6) is 1.07. The number of aliphatic hydroxyl groups excluding tert-OH is 1. The number of aliphatic hydroxyl groups is 1. The Morgan fingerprint density at radius 1 is 1.24 bits per heavy atom. The summed E-state index contributed by atoms with van der Waals surface area (Å²) >= 11 is 3.94. The molecule has 3 heteroatoms. The van der Waals surface area contributed by atoms with E-state index in [9.17, 15) is 5.11 Å². The number of benzene rings is 1. The maximum Gasteiger partial charge on any atom is 0.0707 e. The summed E-state index contributed by atoms with van der Waals surface area (Å²) in [4.78, 5) is 0. The molecule has 0 bridgehead atoms. The van der Waals surface area contributed by atoms with E-state index in [-0.39, 0.29) is 6.10 Å². The quantitative estimate of drug-likeness (QED) is 0.909. The zero-order valence-electron chi connectivity index (χ0n) is 10.4. The molecule has 1 aromatic rings. The van der Waals surface area contributed by atoms with E-state index in [2.05, 4.69) is 26.0 Å². The lowest BCUT2D eigenvalue weighted by molar-refractivity contribution is 0.177. The molecule has 1 aromatic carbocycles. The molecule has 1 nitrogen and oxygen atoms in total. The van der Waals surface area contributed by atoms with Gasteiger partial charge < -0.3 is 5.11 Å². The molecule has 0 saturated carbocycles. The monoisotopic (exact) mass is 268 g/mol. The summed E-state index contributed by atoms with van der Waals surface area (Å²) in [6.07, 6.45) is 0.560. The Kier molecular flexibility index (Phi) is 4.83. The van der Waals surface area contributed by atoms with Crippen LogP contribution < -0.4 is 0 Å². The lowest BCUT2D eigenvalue weighted by Crippen LogP contribution is -2.35. The zero-order chi connectivity index (χ0) is 12.3. The Morgan fingerprint density at radius 3 is 2.59 bits per heavy atom. The molecular weight excluding hydrogens is 248 g/mol. The summed E-state index contributed by atoms with van der Waals surface area (Å²) in [7, 11) is 0. The predicted molar refractivity (Wildman–Crippen MR) is 78.9 cm³/mol. The normalized spacial score (nSPS) is 31.1. The van der Waals surface area contributed by atoms with Crippen molar-refractivity contribution < 1.29 is 5.11 Å². The molecule has 0 aromatic heterocycles. The maximum atomic E-state index is 10.3. The van der Waals surface area contributed by atoms with Crippen molar-refractivity contribution >= 4 is 23.5 Å². The van der Waals surface area contributed by atoms with Crippen LogP contribution >= 0.6 is 23.5 Å². The average Bonchev–Trinajstić information content (AvgIpc) is 2.34. The van der Waals surface area contributed by atoms with Gasteiger partial charge in [0.05, 0.1) is 6.10 Å². The van der Waals surface area contributed by atoms with E-state index >= 15 is 0 Å². The first kappa shape index (κ1) is 13.3. The molecule has 1 saturated heterocycles. The molecule has 0 aliphatic carbocycles. The fraction of sp³-hybridized carbons (Fsp3) is 0.571. The lowest BCUT2D eigenvalue weighted by Gasteiger charge is -2.33. The lowest BCUT2D eigenvalue weighted by atomic mass is 10.1. The first-order valence-corrected chi connectivity index (χ1v) is 8.15. The SMILES string of the molecule is CC1SCC(C(O)Cc2ccccc2)SC1C. The highest BCUT2D eigenvalue weighted by Crippen LogP contribution is 2.37. The van der Waals surface area contributed by atoms with Crippen molar-refractivity contribution in [1.29, 1.82) is 0 Å². The summed E-state index contributed by atoms with van der Waals surface area (Å²) in [5.41, 5.74) is 1.23. The predicted octanol–water partition coefficient (Wildman–Crippen LogP) is 3.22. The van der Waals surface area contributed by atoms with E-state index in [0.717, 1.165) is 12.2 Å². The first-order chi connectivity index (χ1) is 8.16. The van der Waals surface area contributed by atoms with E-state index in [4.69, 9.17) is 0 Å². The van der Waals surface area contributed by atoms with Crippen molar-refractivity contribution in [3.8, 4) is 0 Å².